The minimum Gasteiger partial charge on any atom is -0.481 e. The molecule has 2 N–H and O–H groups in total. The zero-order valence-electron chi connectivity index (χ0n) is 11.7. The number of carboxylic acids is 1. The van der Waals surface area contributed by atoms with Crippen LogP contribution in [0.1, 0.15) is 18.4 Å². The quantitative estimate of drug-likeness (QED) is 0.871. The maximum absolute atomic E-state index is 12.8. The topological polar surface area (TPSA) is 69.6 Å². The number of benzene rings is 1. The lowest BCUT2D eigenvalue weighted by Crippen LogP contribution is -2.39. The maximum Gasteiger partial charge on any atom is 0.317 e. The van der Waals surface area contributed by atoms with Gasteiger partial charge in [0.25, 0.3) is 0 Å². The summed E-state index contributed by atoms with van der Waals surface area (Å²) in [7, 11) is 0. The minimum atomic E-state index is -0.925. The molecule has 0 aliphatic carbocycles. The molecule has 0 bridgehead atoms. The molecule has 2 rings (SSSR count). The van der Waals surface area contributed by atoms with E-state index < -0.39 is 5.97 Å². The summed E-state index contributed by atoms with van der Waals surface area (Å²) in [6.45, 7) is 1.47. The van der Waals surface area contributed by atoms with Crippen molar-refractivity contribution in [3.63, 3.8) is 0 Å². The Morgan fingerprint density at radius 2 is 2.05 bits per heavy atom. The highest BCUT2D eigenvalue weighted by molar-refractivity contribution is 5.75. The van der Waals surface area contributed by atoms with Crippen LogP contribution in [0.4, 0.5) is 9.18 Å². The Bertz CT molecular complexity index is 504. The molecule has 0 spiro atoms. The second kappa shape index (κ2) is 7.06. The van der Waals surface area contributed by atoms with E-state index in [1.165, 1.54) is 12.1 Å². The first-order valence-corrected chi connectivity index (χ1v) is 7.03. The molecule has 1 aliphatic rings. The summed E-state index contributed by atoms with van der Waals surface area (Å²) in [5.41, 5.74) is 1.06. The van der Waals surface area contributed by atoms with Crippen LogP contribution < -0.4 is 5.32 Å². The van der Waals surface area contributed by atoms with Crippen LogP contribution >= 0.6 is 0 Å². The number of carbonyl (C=O) groups is 2. The molecule has 21 heavy (non-hydrogen) atoms. The molecule has 114 valence electrons. The third-order valence-corrected chi connectivity index (χ3v) is 3.63. The van der Waals surface area contributed by atoms with E-state index in [9.17, 15) is 14.0 Å². The minimum absolute atomic E-state index is 0.0708. The molecule has 1 fully saturated rings. The number of amides is 2. The van der Waals surface area contributed by atoms with Gasteiger partial charge in [0.05, 0.1) is 6.42 Å². The van der Waals surface area contributed by atoms with Crippen molar-refractivity contribution in [2.75, 3.05) is 19.6 Å². The van der Waals surface area contributed by atoms with Gasteiger partial charge in [-0.3, -0.25) is 4.79 Å². The number of carboxylic acid groups (broad SMARTS) is 1. The number of nitrogens with one attached hydrogen (secondary N) is 1. The first kappa shape index (κ1) is 15.3. The summed E-state index contributed by atoms with van der Waals surface area (Å²) in [5.74, 6) is -0.809. The average molecular weight is 294 g/mol. The van der Waals surface area contributed by atoms with Gasteiger partial charge >= 0.3 is 12.0 Å². The van der Waals surface area contributed by atoms with Crippen molar-refractivity contribution >= 4 is 12.0 Å². The standard InChI is InChI=1S/C15H19FN2O3/c16-13-3-1-11(2-4-13)9-12-6-8-18(10-12)15(21)17-7-5-14(19)20/h1-4,12H,5-10H2,(H,17,21)(H,19,20). The first-order valence-electron chi connectivity index (χ1n) is 7.03. The first-order chi connectivity index (χ1) is 10.0. The summed E-state index contributed by atoms with van der Waals surface area (Å²) < 4.78 is 12.8. The molecule has 1 aliphatic heterocycles. The largest absolute Gasteiger partial charge is 0.481 e. The Labute approximate surface area is 122 Å². The average Bonchev–Trinajstić information content (AvgIpc) is 2.89. The van der Waals surface area contributed by atoms with Gasteiger partial charge in [0.2, 0.25) is 0 Å². The number of likely N-dealkylation sites (tertiary alicyclic amines) is 1. The van der Waals surface area contributed by atoms with Gasteiger partial charge < -0.3 is 15.3 Å². The molecule has 0 radical (unpaired) electrons. The zero-order valence-corrected chi connectivity index (χ0v) is 11.7. The number of halogens is 1. The second-order valence-electron chi connectivity index (χ2n) is 5.31. The van der Waals surface area contributed by atoms with Crippen molar-refractivity contribution < 1.29 is 19.1 Å². The van der Waals surface area contributed by atoms with Gasteiger partial charge in [-0.2, -0.15) is 0 Å². The van der Waals surface area contributed by atoms with E-state index in [4.69, 9.17) is 5.11 Å². The molecule has 1 unspecified atom stereocenters. The van der Waals surface area contributed by atoms with E-state index in [0.717, 1.165) is 18.4 Å². The second-order valence-corrected chi connectivity index (χ2v) is 5.31. The molecule has 1 saturated heterocycles. The number of carbonyl (C=O) groups excluding carboxylic acids is 1. The number of aliphatic carboxylic acids is 1. The van der Waals surface area contributed by atoms with Crippen molar-refractivity contribution in [2.45, 2.75) is 19.3 Å². The fraction of sp³-hybridized carbons (Fsp3) is 0.467. The van der Waals surface area contributed by atoms with Crippen LogP contribution in [0.5, 0.6) is 0 Å². The van der Waals surface area contributed by atoms with Crippen LogP contribution in [-0.2, 0) is 11.2 Å². The summed E-state index contributed by atoms with van der Waals surface area (Å²) in [6.07, 6.45) is 1.65. The number of rotatable bonds is 5. The zero-order chi connectivity index (χ0) is 15.2. The normalized spacial score (nSPS) is 17.8. The van der Waals surface area contributed by atoms with E-state index in [0.29, 0.717) is 19.0 Å². The van der Waals surface area contributed by atoms with E-state index in [1.54, 1.807) is 17.0 Å². The van der Waals surface area contributed by atoms with Crippen LogP contribution in [0.3, 0.4) is 0 Å². The Morgan fingerprint density at radius 3 is 2.71 bits per heavy atom. The van der Waals surface area contributed by atoms with Crippen LogP contribution in [0, 0.1) is 11.7 Å². The SMILES string of the molecule is O=C(O)CCNC(=O)N1CCC(Cc2ccc(F)cc2)C1. The summed E-state index contributed by atoms with van der Waals surface area (Å²) in [5, 5.41) is 11.1. The molecule has 1 heterocycles. The monoisotopic (exact) mass is 294 g/mol. The lowest BCUT2D eigenvalue weighted by molar-refractivity contribution is -0.136. The maximum atomic E-state index is 12.8. The van der Waals surface area contributed by atoms with Gasteiger partial charge in [-0.1, -0.05) is 12.1 Å². The fourth-order valence-electron chi connectivity index (χ4n) is 2.53. The van der Waals surface area contributed by atoms with E-state index in [-0.39, 0.29) is 24.8 Å². The van der Waals surface area contributed by atoms with Crippen molar-refractivity contribution in [3.05, 3.63) is 35.6 Å². The Balaban J connectivity index is 1.76. The van der Waals surface area contributed by atoms with Gasteiger partial charge in [0, 0.05) is 19.6 Å². The van der Waals surface area contributed by atoms with Gasteiger partial charge in [0.15, 0.2) is 0 Å². The third kappa shape index (κ3) is 4.73. The molecule has 0 saturated carbocycles. The van der Waals surface area contributed by atoms with E-state index in [2.05, 4.69) is 5.32 Å². The van der Waals surface area contributed by atoms with Gasteiger partial charge in [-0.05, 0) is 36.5 Å². The fourth-order valence-corrected chi connectivity index (χ4v) is 2.53. The highest BCUT2D eigenvalue weighted by Gasteiger charge is 2.26. The Kier molecular flexibility index (Phi) is 5.14. The Hall–Kier alpha value is -2.11. The third-order valence-electron chi connectivity index (χ3n) is 3.63. The molecule has 2 amide bonds. The number of nitrogens with zero attached hydrogens (tertiary/aromatic N) is 1. The van der Waals surface area contributed by atoms with Crippen molar-refractivity contribution in [1.82, 2.24) is 10.2 Å². The highest BCUT2D eigenvalue weighted by Crippen LogP contribution is 2.21. The van der Waals surface area contributed by atoms with Gasteiger partial charge in [-0.15, -0.1) is 0 Å². The molecule has 5 nitrogen and oxygen atoms in total. The summed E-state index contributed by atoms with van der Waals surface area (Å²) >= 11 is 0. The summed E-state index contributed by atoms with van der Waals surface area (Å²) in [6, 6.07) is 6.22. The molecule has 0 aromatic heterocycles. The number of urea groups is 1. The lowest BCUT2D eigenvalue weighted by Gasteiger charge is -2.17. The predicted molar refractivity (Wildman–Crippen MR) is 75.4 cm³/mol. The van der Waals surface area contributed by atoms with Gasteiger partial charge in [0.1, 0.15) is 5.82 Å². The molecular weight excluding hydrogens is 275 g/mol. The van der Waals surface area contributed by atoms with Crippen molar-refractivity contribution in [3.8, 4) is 0 Å². The van der Waals surface area contributed by atoms with Crippen LogP contribution in [0.15, 0.2) is 24.3 Å². The summed E-state index contributed by atoms with van der Waals surface area (Å²) in [4.78, 5) is 23.9. The molecule has 1 aromatic rings. The Morgan fingerprint density at radius 1 is 1.33 bits per heavy atom. The van der Waals surface area contributed by atoms with Gasteiger partial charge in [-0.25, -0.2) is 9.18 Å². The number of hydrogen-bond acceptors (Lipinski definition) is 2. The smallest absolute Gasteiger partial charge is 0.317 e. The van der Waals surface area contributed by atoms with Crippen LogP contribution in [0.2, 0.25) is 0 Å². The molecule has 1 atom stereocenters. The van der Waals surface area contributed by atoms with Crippen LogP contribution in [-0.4, -0.2) is 41.6 Å². The van der Waals surface area contributed by atoms with E-state index in [1.807, 2.05) is 0 Å². The lowest BCUT2D eigenvalue weighted by atomic mass is 9.99. The molecular formula is C15H19FN2O3. The number of hydrogen-bond donors (Lipinski definition) is 2. The molecule has 1 aromatic carbocycles. The van der Waals surface area contributed by atoms with Crippen LogP contribution in [0.25, 0.3) is 0 Å². The van der Waals surface area contributed by atoms with E-state index >= 15 is 0 Å². The van der Waals surface area contributed by atoms with Crippen molar-refractivity contribution in [1.29, 1.82) is 0 Å². The molecule has 6 heteroatoms. The van der Waals surface area contributed by atoms with Crippen molar-refractivity contribution in [2.24, 2.45) is 5.92 Å². The highest BCUT2D eigenvalue weighted by atomic mass is 19.1. The predicted octanol–water partition coefficient (Wildman–Crippen LogP) is 1.87.